The maximum absolute atomic E-state index is 13.1. The normalized spacial score (nSPS) is 12.2. The van der Waals surface area contributed by atoms with Gasteiger partial charge in [0.1, 0.15) is 11.3 Å². The largest absolute Gasteiger partial charge is 0.478 e. The highest BCUT2D eigenvalue weighted by molar-refractivity contribution is 5.94. The van der Waals surface area contributed by atoms with Crippen molar-refractivity contribution in [1.82, 2.24) is 9.38 Å². The molecule has 0 saturated heterocycles. The van der Waals surface area contributed by atoms with Crippen LogP contribution in [0.1, 0.15) is 34.5 Å². The summed E-state index contributed by atoms with van der Waals surface area (Å²) < 4.78 is 8.21. The van der Waals surface area contributed by atoms with Gasteiger partial charge in [-0.3, -0.25) is 4.79 Å². The zero-order valence-corrected chi connectivity index (χ0v) is 18.1. The molecule has 3 heterocycles. The van der Waals surface area contributed by atoms with Crippen molar-refractivity contribution in [3.05, 3.63) is 100 Å². The average Bonchev–Trinajstić information content (AvgIpc) is 3.28. The summed E-state index contributed by atoms with van der Waals surface area (Å²) in [6.45, 7) is 3.82. The monoisotopic (exact) mass is 439 g/mol. The van der Waals surface area contributed by atoms with E-state index in [4.69, 9.17) is 4.42 Å². The highest BCUT2D eigenvalue weighted by Crippen LogP contribution is 2.31. The first-order valence-electron chi connectivity index (χ1n) is 10.5. The quantitative estimate of drug-likeness (QED) is 0.386. The molecule has 2 N–H and O–H groups in total. The standard InChI is InChI=1S/C26H21N3O4/c1-15-12-18(16(2)28-20-7-4-3-6-17(20)26(31)32)25-19(13-15)22(30)14-23(33-25)24-21-8-5-10-29(21)11-9-27-24/h3-14,16,28H,1-2H3,(H,31,32)/t16-/m1/s1. The van der Waals surface area contributed by atoms with E-state index in [1.165, 1.54) is 6.07 Å². The third kappa shape index (κ3) is 3.63. The molecule has 0 unspecified atom stereocenters. The maximum Gasteiger partial charge on any atom is 0.337 e. The summed E-state index contributed by atoms with van der Waals surface area (Å²) in [5, 5.41) is 13.3. The fraction of sp³-hybridized carbons (Fsp3) is 0.115. The Hall–Kier alpha value is -4.39. The second kappa shape index (κ2) is 7.94. The van der Waals surface area contributed by atoms with E-state index >= 15 is 0 Å². The Morgan fingerprint density at radius 2 is 1.94 bits per heavy atom. The summed E-state index contributed by atoms with van der Waals surface area (Å²) in [6, 6.07) is 15.4. The maximum atomic E-state index is 13.1. The molecule has 0 radical (unpaired) electrons. The molecule has 0 saturated carbocycles. The van der Waals surface area contributed by atoms with Gasteiger partial charge in [-0.1, -0.05) is 18.2 Å². The molecule has 0 spiro atoms. The Bertz CT molecular complexity index is 1580. The van der Waals surface area contributed by atoms with Crippen LogP contribution in [0, 0.1) is 6.92 Å². The van der Waals surface area contributed by atoms with Crippen LogP contribution in [0.2, 0.25) is 0 Å². The van der Waals surface area contributed by atoms with Gasteiger partial charge in [0, 0.05) is 35.9 Å². The van der Waals surface area contributed by atoms with E-state index in [0.29, 0.717) is 28.1 Å². The van der Waals surface area contributed by atoms with Crippen LogP contribution in [0.25, 0.3) is 27.9 Å². The fourth-order valence-electron chi connectivity index (χ4n) is 4.14. The summed E-state index contributed by atoms with van der Waals surface area (Å²) in [5.74, 6) is -0.639. The van der Waals surface area contributed by atoms with Gasteiger partial charge in [0.05, 0.1) is 22.5 Å². The Morgan fingerprint density at radius 1 is 1.12 bits per heavy atom. The van der Waals surface area contributed by atoms with E-state index in [1.807, 2.05) is 48.8 Å². The molecule has 0 aliphatic rings. The molecule has 33 heavy (non-hydrogen) atoms. The predicted molar refractivity (Wildman–Crippen MR) is 127 cm³/mol. The second-order valence-corrected chi connectivity index (χ2v) is 8.00. The van der Waals surface area contributed by atoms with Gasteiger partial charge in [0.2, 0.25) is 0 Å². The zero-order valence-electron chi connectivity index (χ0n) is 18.1. The van der Waals surface area contributed by atoms with Crippen molar-refractivity contribution < 1.29 is 14.3 Å². The van der Waals surface area contributed by atoms with Gasteiger partial charge in [0.25, 0.3) is 0 Å². The number of anilines is 1. The molecule has 5 rings (SSSR count). The summed E-state index contributed by atoms with van der Waals surface area (Å²) in [5.41, 5.74) is 4.02. The van der Waals surface area contributed by atoms with Gasteiger partial charge >= 0.3 is 5.97 Å². The number of nitrogens with one attached hydrogen (secondary N) is 1. The number of hydrogen-bond donors (Lipinski definition) is 2. The number of benzene rings is 2. The summed E-state index contributed by atoms with van der Waals surface area (Å²) in [4.78, 5) is 29.2. The van der Waals surface area contributed by atoms with Crippen molar-refractivity contribution in [2.75, 3.05) is 5.32 Å². The number of carboxylic acids is 1. The van der Waals surface area contributed by atoms with Crippen molar-refractivity contribution in [2.24, 2.45) is 0 Å². The van der Waals surface area contributed by atoms with Crippen LogP contribution in [0.4, 0.5) is 5.69 Å². The lowest BCUT2D eigenvalue weighted by Gasteiger charge is -2.19. The van der Waals surface area contributed by atoms with Crippen LogP contribution in [-0.4, -0.2) is 20.5 Å². The van der Waals surface area contributed by atoms with Crippen molar-refractivity contribution in [3.63, 3.8) is 0 Å². The third-order valence-corrected chi connectivity index (χ3v) is 5.68. The number of para-hydroxylation sites is 1. The van der Waals surface area contributed by atoms with E-state index < -0.39 is 5.97 Å². The molecule has 7 nitrogen and oxygen atoms in total. The van der Waals surface area contributed by atoms with Crippen LogP contribution < -0.4 is 10.7 Å². The molecule has 0 bridgehead atoms. The molecule has 7 heteroatoms. The molecule has 5 aromatic rings. The third-order valence-electron chi connectivity index (χ3n) is 5.68. The molecular weight excluding hydrogens is 418 g/mol. The topological polar surface area (TPSA) is 96.8 Å². The van der Waals surface area contributed by atoms with Crippen LogP contribution in [0.5, 0.6) is 0 Å². The van der Waals surface area contributed by atoms with E-state index in [1.54, 1.807) is 36.5 Å². The molecule has 3 aromatic heterocycles. The number of fused-ring (bicyclic) bond motifs is 2. The first-order valence-corrected chi connectivity index (χ1v) is 10.5. The first-order chi connectivity index (χ1) is 15.9. The number of rotatable bonds is 5. The molecule has 1 atom stereocenters. The molecule has 164 valence electrons. The number of carbonyl (C=O) groups is 1. The van der Waals surface area contributed by atoms with Crippen LogP contribution in [0.3, 0.4) is 0 Å². The number of aromatic nitrogens is 2. The minimum absolute atomic E-state index is 0.162. The zero-order chi connectivity index (χ0) is 23.1. The Kier molecular flexibility index (Phi) is 4.94. The van der Waals surface area contributed by atoms with Crippen LogP contribution in [0.15, 0.2) is 82.4 Å². The Balaban J connectivity index is 1.67. The smallest absolute Gasteiger partial charge is 0.337 e. The van der Waals surface area contributed by atoms with Crippen molar-refractivity contribution in [2.45, 2.75) is 19.9 Å². The van der Waals surface area contributed by atoms with Gasteiger partial charge in [0.15, 0.2) is 11.2 Å². The van der Waals surface area contributed by atoms with Gasteiger partial charge in [-0.05, 0) is 49.7 Å². The lowest BCUT2D eigenvalue weighted by atomic mass is 10.0. The second-order valence-electron chi connectivity index (χ2n) is 8.00. The minimum Gasteiger partial charge on any atom is -0.478 e. The van der Waals surface area contributed by atoms with Gasteiger partial charge in [-0.25, -0.2) is 9.78 Å². The molecule has 0 fully saturated rings. The van der Waals surface area contributed by atoms with E-state index in [9.17, 15) is 14.7 Å². The number of carboxylic acid groups (broad SMARTS) is 1. The summed E-state index contributed by atoms with van der Waals surface area (Å²) in [7, 11) is 0. The van der Waals surface area contributed by atoms with E-state index in [0.717, 1.165) is 16.6 Å². The lowest BCUT2D eigenvalue weighted by molar-refractivity contribution is 0.0698. The predicted octanol–water partition coefficient (Wildman–Crippen LogP) is 5.29. The Morgan fingerprint density at radius 3 is 2.76 bits per heavy atom. The molecule has 0 amide bonds. The molecular formula is C26H21N3O4. The summed E-state index contributed by atoms with van der Waals surface area (Å²) in [6.07, 6.45) is 5.40. The summed E-state index contributed by atoms with van der Waals surface area (Å²) >= 11 is 0. The highest BCUT2D eigenvalue weighted by Gasteiger charge is 2.19. The SMILES string of the molecule is Cc1cc([C@@H](C)Nc2ccccc2C(=O)O)c2oc(-c3nccn4cccc34)cc(=O)c2c1. The van der Waals surface area contributed by atoms with E-state index in [2.05, 4.69) is 10.3 Å². The number of aryl methyl sites for hydroxylation is 1. The van der Waals surface area contributed by atoms with Gasteiger partial charge in [-0.15, -0.1) is 0 Å². The number of nitrogens with zero attached hydrogens (tertiary/aromatic N) is 2. The van der Waals surface area contributed by atoms with Crippen LogP contribution in [-0.2, 0) is 0 Å². The van der Waals surface area contributed by atoms with E-state index in [-0.39, 0.29) is 17.0 Å². The van der Waals surface area contributed by atoms with Gasteiger partial charge in [-0.2, -0.15) is 0 Å². The van der Waals surface area contributed by atoms with Crippen molar-refractivity contribution in [3.8, 4) is 11.5 Å². The van der Waals surface area contributed by atoms with Crippen molar-refractivity contribution in [1.29, 1.82) is 0 Å². The van der Waals surface area contributed by atoms with Gasteiger partial charge < -0.3 is 19.2 Å². The van der Waals surface area contributed by atoms with Crippen molar-refractivity contribution >= 4 is 28.1 Å². The molecule has 0 aliphatic carbocycles. The highest BCUT2D eigenvalue weighted by atomic mass is 16.4. The van der Waals surface area contributed by atoms with Crippen LogP contribution >= 0.6 is 0 Å². The molecule has 0 aliphatic heterocycles. The Labute approximate surface area is 188 Å². The first kappa shape index (κ1) is 20.5. The number of hydrogen-bond acceptors (Lipinski definition) is 5. The minimum atomic E-state index is -1.01. The average molecular weight is 439 g/mol. The molecule has 2 aromatic carbocycles. The number of aromatic carboxylic acids is 1. The lowest BCUT2D eigenvalue weighted by Crippen LogP contribution is -2.12. The fourth-order valence-corrected chi connectivity index (χ4v) is 4.14.